The average Bonchev–Trinajstić information content (AvgIpc) is 3.54. The van der Waals surface area contributed by atoms with Crippen LogP contribution in [-0.4, -0.2) is 56.6 Å². The van der Waals surface area contributed by atoms with E-state index >= 15 is 0 Å². The number of methoxy groups -OCH3 is 4. The molecular formula is C27H29N3O7. The van der Waals surface area contributed by atoms with Gasteiger partial charge in [0.15, 0.2) is 11.5 Å². The largest absolute Gasteiger partial charge is 0.872 e. The first-order chi connectivity index (χ1) is 17.9. The van der Waals surface area contributed by atoms with Crippen molar-refractivity contribution >= 4 is 17.4 Å². The number of ketones is 1. The summed E-state index contributed by atoms with van der Waals surface area (Å²) in [5, 5.41) is 13.7. The lowest BCUT2D eigenvalue weighted by atomic mass is 9.94. The van der Waals surface area contributed by atoms with Gasteiger partial charge >= 0.3 is 0 Å². The number of nitrogens with one attached hydrogen (secondary N) is 1. The molecule has 1 atom stereocenters. The zero-order valence-corrected chi connectivity index (χ0v) is 21.1. The molecule has 4 rings (SSSR count). The van der Waals surface area contributed by atoms with Crippen LogP contribution in [0.1, 0.15) is 23.6 Å². The number of hydrogen-bond acceptors (Lipinski definition) is 7. The van der Waals surface area contributed by atoms with Gasteiger partial charge in [0, 0.05) is 18.5 Å². The van der Waals surface area contributed by atoms with Gasteiger partial charge in [-0.25, -0.2) is 4.57 Å². The van der Waals surface area contributed by atoms with Crippen LogP contribution in [0.25, 0.3) is 5.76 Å². The number of aromatic nitrogens is 2. The summed E-state index contributed by atoms with van der Waals surface area (Å²) in [4.78, 5) is 31.0. The van der Waals surface area contributed by atoms with E-state index in [2.05, 4.69) is 4.98 Å². The summed E-state index contributed by atoms with van der Waals surface area (Å²) in [7, 11) is 5.93. The van der Waals surface area contributed by atoms with Crippen molar-refractivity contribution < 1.29 is 38.2 Å². The van der Waals surface area contributed by atoms with E-state index in [-0.39, 0.29) is 17.7 Å². The molecule has 0 aliphatic carbocycles. The molecule has 0 spiro atoms. The Kier molecular flexibility index (Phi) is 7.66. The molecule has 0 bridgehead atoms. The maximum absolute atomic E-state index is 13.7. The number of benzene rings is 2. The summed E-state index contributed by atoms with van der Waals surface area (Å²) >= 11 is 0. The minimum absolute atomic E-state index is 0.137. The molecule has 2 heterocycles. The molecule has 1 unspecified atom stereocenters. The van der Waals surface area contributed by atoms with E-state index in [1.807, 2.05) is 10.8 Å². The van der Waals surface area contributed by atoms with E-state index in [4.69, 9.17) is 18.9 Å². The van der Waals surface area contributed by atoms with E-state index in [9.17, 15) is 14.7 Å². The number of nitrogens with zero attached hydrogens (tertiary/aromatic N) is 2. The molecule has 10 nitrogen and oxygen atoms in total. The number of carbonyl (C=O) groups excluding carboxylic acids is 2. The maximum Gasteiger partial charge on any atom is 0.295 e. The fourth-order valence-corrected chi connectivity index (χ4v) is 4.51. The topological polar surface area (TPSA) is 117 Å². The van der Waals surface area contributed by atoms with Crippen molar-refractivity contribution in [2.75, 3.05) is 35.0 Å². The normalized spacial score (nSPS) is 16.6. The van der Waals surface area contributed by atoms with Gasteiger partial charge in [-0.1, -0.05) is 17.9 Å². The van der Waals surface area contributed by atoms with Crippen molar-refractivity contribution in [3.05, 3.63) is 71.8 Å². The summed E-state index contributed by atoms with van der Waals surface area (Å²) < 4.78 is 23.6. The predicted octanol–water partition coefficient (Wildman–Crippen LogP) is 1.65. The highest BCUT2D eigenvalue weighted by Crippen LogP contribution is 2.45. The summed E-state index contributed by atoms with van der Waals surface area (Å²) in [6, 6.07) is 8.87. The van der Waals surface area contributed by atoms with Crippen molar-refractivity contribution in [3.8, 4) is 23.0 Å². The van der Waals surface area contributed by atoms with Crippen LogP contribution in [0.5, 0.6) is 23.0 Å². The maximum atomic E-state index is 13.7. The predicted molar refractivity (Wildman–Crippen MR) is 131 cm³/mol. The van der Waals surface area contributed by atoms with E-state index in [0.29, 0.717) is 41.5 Å². The summed E-state index contributed by atoms with van der Waals surface area (Å²) in [6.07, 6.45) is 6.03. The van der Waals surface area contributed by atoms with Crippen molar-refractivity contribution in [1.29, 1.82) is 0 Å². The number of aryl methyl sites for hydroxylation is 1. The van der Waals surface area contributed by atoms with Crippen LogP contribution in [0.4, 0.5) is 0 Å². The van der Waals surface area contributed by atoms with Crippen LogP contribution in [-0.2, 0) is 16.1 Å². The van der Waals surface area contributed by atoms with Crippen molar-refractivity contribution in [1.82, 2.24) is 9.88 Å². The Labute approximate surface area is 214 Å². The third-order valence-corrected chi connectivity index (χ3v) is 6.28. The highest BCUT2D eigenvalue weighted by Gasteiger charge is 2.44. The smallest absolute Gasteiger partial charge is 0.295 e. The number of hydrogen-bond donors (Lipinski definition) is 1. The number of amides is 1. The van der Waals surface area contributed by atoms with Crippen molar-refractivity contribution in [2.45, 2.75) is 19.0 Å². The van der Waals surface area contributed by atoms with Gasteiger partial charge in [0.05, 0.1) is 41.0 Å². The van der Waals surface area contributed by atoms with Gasteiger partial charge in [-0.15, -0.1) is 0 Å². The Morgan fingerprint density at radius 1 is 1.03 bits per heavy atom. The summed E-state index contributed by atoms with van der Waals surface area (Å²) in [5.74, 6) is -0.587. The molecule has 1 aliphatic heterocycles. The van der Waals surface area contributed by atoms with E-state index in [1.165, 1.54) is 33.3 Å². The van der Waals surface area contributed by atoms with Crippen LogP contribution >= 0.6 is 0 Å². The molecule has 1 aromatic heterocycles. The molecule has 1 amide bonds. The summed E-state index contributed by atoms with van der Waals surface area (Å²) in [5.41, 5.74) is 0.605. The molecule has 0 radical (unpaired) electrons. The molecule has 1 N–H and O–H groups in total. The Bertz CT molecular complexity index is 1290. The highest BCUT2D eigenvalue weighted by molar-refractivity contribution is 6.46. The van der Waals surface area contributed by atoms with E-state index in [0.717, 1.165) is 0 Å². The number of rotatable bonds is 10. The van der Waals surface area contributed by atoms with Crippen LogP contribution in [0.2, 0.25) is 0 Å². The molecule has 1 fully saturated rings. The number of imidazole rings is 1. The lowest BCUT2D eigenvalue weighted by Gasteiger charge is -2.28. The number of Topliss-reactive ketones (excluding diaryl/α,β-unsaturated/α-hetero) is 1. The van der Waals surface area contributed by atoms with Crippen LogP contribution in [0.3, 0.4) is 0 Å². The molecule has 37 heavy (non-hydrogen) atoms. The zero-order chi connectivity index (χ0) is 26.5. The molecule has 2 aromatic carbocycles. The molecule has 0 saturated carbocycles. The molecule has 194 valence electrons. The third kappa shape index (κ3) is 4.95. The first-order valence-corrected chi connectivity index (χ1v) is 11.7. The minimum atomic E-state index is -0.941. The average molecular weight is 508 g/mol. The third-order valence-electron chi connectivity index (χ3n) is 6.28. The molecule has 1 saturated heterocycles. The number of carbonyl (C=O) groups is 2. The molecule has 10 heteroatoms. The van der Waals surface area contributed by atoms with Crippen molar-refractivity contribution in [3.63, 3.8) is 0 Å². The number of aromatic amines is 1. The van der Waals surface area contributed by atoms with Gasteiger partial charge in [0.2, 0.25) is 17.9 Å². The Morgan fingerprint density at radius 3 is 2.35 bits per heavy atom. The Hall–Kier alpha value is -4.47. The fourth-order valence-electron chi connectivity index (χ4n) is 4.51. The second-order valence-electron chi connectivity index (χ2n) is 8.37. The second kappa shape index (κ2) is 11.1. The first kappa shape index (κ1) is 25.6. The van der Waals surface area contributed by atoms with Gasteiger partial charge in [0.25, 0.3) is 5.91 Å². The lowest BCUT2D eigenvalue weighted by Crippen LogP contribution is -2.36. The summed E-state index contributed by atoms with van der Waals surface area (Å²) in [6.45, 7) is 0.863. The fraction of sp³-hybridized carbons (Fsp3) is 0.296. The second-order valence-corrected chi connectivity index (χ2v) is 8.37. The van der Waals surface area contributed by atoms with Crippen LogP contribution in [0, 0.1) is 0 Å². The highest BCUT2D eigenvalue weighted by atomic mass is 16.5. The molecular weight excluding hydrogens is 478 g/mol. The van der Waals surface area contributed by atoms with Gasteiger partial charge in [0.1, 0.15) is 18.1 Å². The number of H-pyrrole nitrogens is 1. The van der Waals surface area contributed by atoms with Crippen molar-refractivity contribution in [2.24, 2.45) is 0 Å². The van der Waals surface area contributed by atoms with Crippen LogP contribution in [0.15, 0.2) is 60.7 Å². The Morgan fingerprint density at radius 2 is 1.76 bits per heavy atom. The standard InChI is InChI=1S/C27H29N3O7/c1-34-19-8-5-7-17(13-19)24(31)22-23(18-14-20(35-2)26(37-4)21(15-18)36-3)30(27(33)25(22)32)11-6-10-29-12-9-28-16-29/h5,7-9,12-16,23H,6,10-11H2,1-4H3,(H,31,32). The zero-order valence-electron chi connectivity index (χ0n) is 21.1. The SMILES string of the molecule is COc1cccc(/C([O-])=C2\C(=O)C(=O)N(CCC[n+]3cc[nH]c3)C2c2cc(OC)c(OC)c(OC)c2)c1. The quantitative estimate of drug-likeness (QED) is 0.192. The van der Waals surface area contributed by atoms with E-state index < -0.39 is 23.5 Å². The van der Waals surface area contributed by atoms with Gasteiger partial charge in [-0.05, 0) is 35.4 Å². The van der Waals surface area contributed by atoms with E-state index in [1.54, 1.807) is 48.9 Å². The first-order valence-electron chi connectivity index (χ1n) is 11.7. The molecule has 3 aromatic rings. The van der Waals surface area contributed by atoms with Gasteiger partial charge in [-0.3, -0.25) is 14.6 Å². The Balaban J connectivity index is 1.84. The molecule has 1 aliphatic rings. The number of ether oxygens (including phenoxy) is 4. The van der Waals surface area contributed by atoms with Crippen LogP contribution < -0.4 is 28.6 Å². The lowest BCUT2D eigenvalue weighted by molar-refractivity contribution is -0.695. The number of likely N-dealkylation sites (tertiary alicyclic amines) is 1. The van der Waals surface area contributed by atoms with Gasteiger partial charge in [-0.2, -0.15) is 0 Å². The van der Waals surface area contributed by atoms with Gasteiger partial charge < -0.3 is 29.0 Å². The minimum Gasteiger partial charge on any atom is -0.872 e. The monoisotopic (exact) mass is 507 g/mol.